The molecule has 0 saturated heterocycles. The van der Waals surface area contributed by atoms with E-state index < -0.39 is 0 Å². The quantitative estimate of drug-likeness (QED) is 0.815. The maximum Gasteiger partial charge on any atom is 0.327 e. The topological polar surface area (TPSA) is 38.3 Å². The van der Waals surface area contributed by atoms with Gasteiger partial charge in [0.05, 0.1) is 7.11 Å². The van der Waals surface area contributed by atoms with Gasteiger partial charge in [-0.1, -0.05) is 25.1 Å². The summed E-state index contributed by atoms with van der Waals surface area (Å²) in [4.78, 5) is 12.0. The van der Waals surface area contributed by atoms with Crippen LogP contribution in [-0.4, -0.2) is 19.1 Å². The fourth-order valence-electron chi connectivity index (χ4n) is 2.07. The summed E-state index contributed by atoms with van der Waals surface area (Å²) in [6.07, 6.45) is 0.971. The summed E-state index contributed by atoms with van der Waals surface area (Å²) in [6, 6.07) is 5.94. The first kappa shape index (κ1) is 14.7. The van der Waals surface area contributed by atoms with Crippen LogP contribution in [0.1, 0.15) is 43.0 Å². The second-order valence-corrected chi connectivity index (χ2v) is 4.74. The molecule has 1 aromatic carbocycles. The standard InChI is InChI=1S/C15H23NO2/c1-6-12(4)16-14(15(17)18-5)13-10(2)8-7-9-11(13)3/h7-9,12,14,16H,6H2,1-5H3. The molecule has 0 radical (unpaired) electrons. The van der Waals surface area contributed by atoms with Crippen molar-refractivity contribution >= 4 is 5.97 Å². The van der Waals surface area contributed by atoms with Gasteiger partial charge in [0.2, 0.25) is 0 Å². The third kappa shape index (κ3) is 3.33. The zero-order valence-corrected chi connectivity index (χ0v) is 11.9. The number of aryl methyl sites for hydroxylation is 2. The number of hydrogen-bond donors (Lipinski definition) is 1. The molecule has 0 amide bonds. The number of nitrogens with one attached hydrogen (secondary N) is 1. The number of carbonyl (C=O) groups is 1. The average molecular weight is 249 g/mol. The zero-order chi connectivity index (χ0) is 13.7. The lowest BCUT2D eigenvalue weighted by molar-refractivity contribution is -0.143. The molecule has 3 heteroatoms. The van der Waals surface area contributed by atoms with Crippen LogP contribution >= 0.6 is 0 Å². The number of carbonyl (C=O) groups excluding carboxylic acids is 1. The fraction of sp³-hybridized carbons (Fsp3) is 0.533. The molecule has 0 aliphatic rings. The molecular weight excluding hydrogens is 226 g/mol. The monoisotopic (exact) mass is 249 g/mol. The third-order valence-corrected chi connectivity index (χ3v) is 3.33. The molecule has 2 atom stereocenters. The van der Waals surface area contributed by atoms with Crippen LogP contribution in [0.2, 0.25) is 0 Å². The molecule has 1 aromatic rings. The maximum absolute atomic E-state index is 12.0. The van der Waals surface area contributed by atoms with Gasteiger partial charge < -0.3 is 4.74 Å². The molecule has 1 N–H and O–H groups in total. The molecule has 1 rings (SSSR count). The van der Waals surface area contributed by atoms with E-state index >= 15 is 0 Å². The Labute approximate surface area is 110 Å². The van der Waals surface area contributed by atoms with E-state index in [9.17, 15) is 4.79 Å². The van der Waals surface area contributed by atoms with Crippen LogP contribution < -0.4 is 5.32 Å². The van der Waals surface area contributed by atoms with Crippen LogP contribution in [0.5, 0.6) is 0 Å². The summed E-state index contributed by atoms with van der Waals surface area (Å²) in [6.45, 7) is 8.22. The minimum atomic E-state index is -0.383. The molecule has 100 valence electrons. The molecule has 3 nitrogen and oxygen atoms in total. The Kier molecular flexibility index (Phi) is 5.35. The number of esters is 1. The van der Waals surface area contributed by atoms with Crippen molar-refractivity contribution in [2.75, 3.05) is 7.11 Å². The highest BCUT2D eigenvalue weighted by Crippen LogP contribution is 2.23. The van der Waals surface area contributed by atoms with Crippen LogP contribution in [-0.2, 0) is 9.53 Å². The van der Waals surface area contributed by atoms with Crippen molar-refractivity contribution < 1.29 is 9.53 Å². The minimum Gasteiger partial charge on any atom is -0.468 e. The van der Waals surface area contributed by atoms with Gasteiger partial charge in [-0.05, 0) is 43.9 Å². The first-order chi connectivity index (χ1) is 8.51. The van der Waals surface area contributed by atoms with E-state index in [4.69, 9.17) is 4.74 Å². The van der Waals surface area contributed by atoms with Gasteiger partial charge in [-0.15, -0.1) is 0 Å². The molecule has 0 spiro atoms. The Morgan fingerprint density at radius 3 is 2.33 bits per heavy atom. The maximum atomic E-state index is 12.0. The Morgan fingerprint density at radius 1 is 1.33 bits per heavy atom. The lowest BCUT2D eigenvalue weighted by atomic mass is 9.95. The van der Waals surface area contributed by atoms with Crippen LogP contribution in [0.3, 0.4) is 0 Å². The number of rotatable bonds is 5. The normalized spacial score (nSPS) is 14.1. The Bertz CT molecular complexity index is 395. The summed E-state index contributed by atoms with van der Waals surface area (Å²) < 4.78 is 4.92. The van der Waals surface area contributed by atoms with Gasteiger partial charge in [-0.3, -0.25) is 5.32 Å². The van der Waals surface area contributed by atoms with Crippen molar-refractivity contribution in [1.29, 1.82) is 0 Å². The van der Waals surface area contributed by atoms with Gasteiger partial charge >= 0.3 is 5.97 Å². The van der Waals surface area contributed by atoms with Crippen molar-refractivity contribution in [3.8, 4) is 0 Å². The van der Waals surface area contributed by atoms with E-state index in [1.165, 1.54) is 7.11 Å². The van der Waals surface area contributed by atoms with Crippen molar-refractivity contribution in [2.24, 2.45) is 0 Å². The van der Waals surface area contributed by atoms with Gasteiger partial charge in [0, 0.05) is 6.04 Å². The van der Waals surface area contributed by atoms with Gasteiger partial charge in [0.1, 0.15) is 6.04 Å². The Hall–Kier alpha value is -1.35. The number of benzene rings is 1. The third-order valence-electron chi connectivity index (χ3n) is 3.33. The number of ether oxygens (including phenoxy) is 1. The predicted molar refractivity (Wildman–Crippen MR) is 73.6 cm³/mol. The Morgan fingerprint density at radius 2 is 1.89 bits per heavy atom. The SMILES string of the molecule is CCC(C)NC(C(=O)OC)c1c(C)cccc1C. The highest BCUT2D eigenvalue weighted by atomic mass is 16.5. The summed E-state index contributed by atoms with van der Waals surface area (Å²) in [7, 11) is 1.43. The minimum absolute atomic E-state index is 0.229. The van der Waals surface area contributed by atoms with Gasteiger partial charge in [0.25, 0.3) is 0 Å². The van der Waals surface area contributed by atoms with Gasteiger partial charge in [-0.2, -0.15) is 0 Å². The molecule has 18 heavy (non-hydrogen) atoms. The van der Waals surface area contributed by atoms with Gasteiger partial charge in [-0.25, -0.2) is 4.79 Å². The van der Waals surface area contributed by atoms with E-state index in [-0.39, 0.29) is 18.1 Å². The largest absolute Gasteiger partial charge is 0.468 e. The highest BCUT2D eigenvalue weighted by molar-refractivity contribution is 5.78. The first-order valence-electron chi connectivity index (χ1n) is 6.41. The van der Waals surface area contributed by atoms with Crippen molar-refractivity contribution in [3.63, 3.8) is 0 Å². The van der Waals surface area contributed by atoms with E-state index in [2.05, 4.69) is 19.2 Å². The van der Waals surface area contributed by atoms with Crippen LogP contribution in [0, 0.1) is 13.8 Å². The molecule has 2 unspecified atom stereocenters. The molecule has 0 aliphatic carbocycles. The van der Waals surface area contributed by atoms with Crippen LogP contribution in [0.25, 0.3) is 0 Å². The lowest BCUT2D eigenvalue weighted by Crippen LogP contribution is -2.36. The smallest absolute Gasteiger partial charge is 0.327 e. The Balaban J connectivity index is 3.13. The molecule has 0 aliphatic heterocycles. The number of methoxy groups -OCH3 is 1. The molecular formula is C15H23NO2. The van der Waals surface area contributed by atoms with Crippen molar-refractivity contribution in [3.05, 3.63) is 34.9 Å². The highest BCUT2D eigenvalue weighted by Gasteiger charge is 2.25. The summed E-state index contributed by atoms with van der Waals surface area (Å²) in [5.74, 6) is -0.229. The van der Waals surface area contributed by atoms with Crippen LogP contribution in [0.4, 0.5) is 0 Å². The predicted octanol–water partition coefficient (Wildman–Crippen LogP) is 2.91. The van der Waals surface area contributed by atoms with E-state index in [1.807, 2.05) is 32.0 Å². The summed E-state index contributed by atoms with van der Waals surface area (Å²) in [5, 5.41) is 3.34. The van der Waals surface area contributed by atoms with E-state index in [0.29, 0.717) is 0 Å². The second kappa shape index (κ2) is 6.55. The average Bonchev–Trinajstić information content (AvgIpc) is 2.36. The molecule has 0 aromatic heterocycles. The van der Waals surface area contributed by atoms with Crippen molar-refractivity contribution in [1.82, 2.24) is 5.32 Å². The summed E-state index contributed by atoms with van der Waals surface area (Å²) in [5.41, 5.74) is 3.26. The first-order valence-corrected chi connectivity index (χ1v) is 6.41. The molecule has 0 bridgehead atoms. The van der Waals surface area contributed by atoms with Gasteiger partial charge in [0.15, 0.2) is 0 Å². The number of hydrogen-bond acceptors (Lipinski definition) is 3. The molecule has 0 fully saturated rings. The second-order valence-electron chi connectivity index (χ2n) is 4.74. The van der Waals surface area contributed by atoms with E-state index in [0.717, 1.165) is 23.1 Å². The fourth-order valence-corrected chi connectivity index (χ4v) is 2.07. The lowest BCUT2D eigenvalue weighted by Gasteiger charge is -2.24. The van der Waals surface area contributed by atoms with E-state index in [1.54, 1.807) is 0 Å². The zero-order valence-electron chi connectivity index (χ0n) is 11.9. The molecule has 0 saturated carbocycles. The summed E-state index contributed by atoms with van der Waals surface area (Å²) >= 11 is 0. The van der Waals surface area contributed by atoms with Crippen molar-refractivity contribution in [2.45, 2.75) is 46.2 Å². The molecule has 0 heterocycles. The van der Waals surface area contributed by atoms with Crippen LogP contribution in [0.15, 0.2) is 18.2 Å².